The van der Waals surface area contributed by atoms with Crippen molar-refractivity contribution < 1.29 is 18.9 Å². The van der Waals surface area contributed by atoms with Gasteiger partial charge in [0, 0.05) is 43.9 Å². The minimum atomic E-state index is 0.768. The maximum Gasteiger partial charge on any atom is 0.127 e. The number of hydrogen-bond acceptors (Lipinski definition) is 7. The Labute approximate surface area is 431 Å². The van der Waals surface area contributed by atoms with Crippen LogP contribution >= 0.6 is 11.3 Å². The zero-order valence-electron chi connectivity index (χ0n) is 40.6. The number of anilines is 6. The molecule has 0 amide bonds. The van der Waals surface area contributed by atoms with E-state index < -0.39 is 0 Å². The van der Waals surface area contributed by atoms with Gasteiger partial charge < -0.3 is 28.7 Å². The third-order valence-corrected chi connectivity index (χ3v) is 14.2. The summed E-state index contributed by atoms with van der Waals surface area (Å²) < 4.78 is 24.7. The number of benzene rings is 9. The smallest absolute Gasteiger partial charge is 0.127 e. The van der Waals surface area contributed by atoms with Crippen LogP contribution in [0.4, 0.5) is 34.1 Å². The highest BCUT2D eigenvalue weighted by molar-refractivity contribution is 7.19. The zero-order chi connectivity index (χ0) is 49.3. The van der Waals surface area contributed by atoms with Gasteiger partial charge in [-0.25, -0.2) is 0 Å². The van der Waals surface area contributed by atoms with Gasteiger partial charge in [0.25, 0.3) is 0 Å². The predicted molar refractivity (Wildman–Crippen MR) is 301 cm³/mol. The van der Waals surface area contributed by atoms with Crippen molar-refractivity contribution in [3.8, 4) is 61.1 Å². The monoisotopic (exact) mass is 968 g/mol. The van der Waals surface area contributed by atoms with Crippen molar-refractivity contribution in [1.29, 1.82) is 0 Å². The van der Waals surface area contributed by atoms with Crippen LogP contribution in [0.2, 0.25) is 0 Å². The Bertz CT molecular complexity index is 3380. The lowest BCUT2D eigenvalue weighted by Gasteiger charge is -2.26. The fraction of sp³-hybridized carbons (Fsp3) is 0.0606. The number of thiophene rings is 1. The molecule has 1 aromatic heterocycles. The summed E-state index contributed by atoms with van der Waals surface area (Å²) in [4.78, 5) is 7.03. The van der Waals surface area contributed by atoms with Crippen LogP contribution in [0.3, 0.4) is 0 Å². The van der Waals surface area contributed by atoms with Gasteiger partial charge in [0.1, 0.15) is 46.0 Å². The average Bonchev–Trinajstić information content (AvgIpc) is 3.74. The van der Waals surface area contributed by atoms with Gasteiger partial charge in [-0.05, 0) is 219 Å². The first kappa shape index (κ1) is 46.3. The SMILES string of the molecule is Cc1c(-c2ccc(N(c3ccc(OC4=CCCC=C4)cc3)c3ccc(Oc4ccccc4)cc3)cc2)sc(-c2ccc(N(c3ccc(Oc4ccccc4)cc3)c3ccc(Oc4ccccc4)cc3)cc2)c1C. The highest BCUT2D eigenvalue weighted by Crippen LogP contribution is 2.45. The van der Waals surface area contributed by atoms with Crippen LogP contribution in [0.1, 0.15) is 24.0 Å². The molecule has 11 rings (SSSR count). The van der Waals surface area contributed by atoms with E-state index in [1.807, 2.05) is 157 Å². The molecule has 0 aliphatic heterocycles. The van der Waals surface area contributed by atoms with Crippen molar-refractivity contribution in [2.45, 2.75) is 26.7 Å². The molecule has 0 spiro atoms. The van der Waals surface area contributed by atoms with Crippen LogP contribution in [-0.2, 0) is 0 Å². The molecule has 10 aromatic rings. The molecule has 9 aromatic carbocycles. The third-order valence-electron chi connectivity index (χ3n) is 12.7. The molecular formula is C66H52N2O4S. The Morgan fingerprint density at radius 2 is 0.603 bits per heavy atom. The summed E-state index contributed by atoms with van der Waals surface area (Å²) in [5.74, 6) is 6.38. The van der Waals surface area contributed by atoms with Gasteiger partial charge in [0.2, 0.25) is 0 Å². The first-order valence-electron chi connectivity index (χ1n) is 24.5. The van der Waals surface area contributed by atoms with E-state index in [4.69, 9.17) is 18.9 Å². The summed E-state index contributed by atoms with van der Waals surface area (Å²) in [5.41, 5.74) is 11.0. The molecule has 0 atom stereocenters. The van der Waals surface area contributed by atoms with Crippen molar-refractivity contribution in [2.75, 3.05) is 9.80 Å². The van der Waals surface area contributed by atoms with Crippen LogP contribution < -0.4 is 28.7 Å². The Kier molecular flexibility index (Phi) is 13.7. The largest absolute Gasteiger partial charge is 0.458 e. The number of rotatable bonds is 16. The topological polar surface area (TPSA) is 43.4 Å². The van der Waals surface area contributed by atoms with Crippen molar-refractivity contribution in [3.63, 3.8) is 0 Å². The molecular weight excluding hydrogens is 917 g/mol. The van der Waals surface area contributed by atoms with E-state index in [1.165, 1.54) is 32.0 Å². The molecule has 0 bridgehead atoms. The van der Waals surface area contributed by atoms with Crippen LogP contribution in [0.15, 0.2) is 261 Å². The molecule has 0 fully saturated rings. The fourth-order valence-corrected chi connectivity index (χ4v) is 10.2. The van der Waals surface area contributed by atoms with Gasteiger partial charge in [-0.2, -0.15) is 0 Å². The van der Waals surface area contributed by atoms with Crippen molar-refractivity contribution in [1.82, 2.24) is 0 Å². The molecule has 0 saturated carbocycles. The van der Waals surface area contributed by atoms with E-state index in [1.54, 1.807) is 0 Å². The first-order chi connectivity index (χ1) is 36.0. The molecule has 0 N–H and O–H groups in total. The number of hydrogen-bond donors (Lipinski definition) is 0. The lowest BCUT2D eigenvalue weighted by molar-refractivity contribution is 0.439. The van der Waals surface area contributed by atoms with Gasteiger partial charge in [-0.1, -0.05) is 84.9 Å². The van der Waals surface area contributed by atoms with Gasteiger partial charge in [-0.15, -0.1) is 11.3 Å². The van der Waals surface area contributed by atoms with Gasteiger partial charge >= 0.3 is 0 Å². The molecule has 73 heavy (non-hydrogen) atoms. The summed E-state index contributed by atoms with van der Waals surface area (Å²) in [5, 5.41) is 0. The zero-order valence-corrected chi connectivity index (χ0v) is 41.4. The minimum Gasteiger partial charge on any atom is -0.458 e. The van der Waals surface area contributed by atoms with Gasteiger partial charge in [-0.3, -0.25) is 0 Å². The van der Waals surface area contributed by atoms with E-state index in [-0.39, 0.29) is 0 Å². The second-order valence-corrected chi connectivity index (χ2v) is 18.7. The van der Waals surface area contributed by atoms with Crippen LogP contribution in [0, 0.1) is 13.8 Å². The fourth-order valence-electron chi connectivity index (χ4n) is 8.89. The molecule has 0 saturated heterocycles. The Balaban J connectivity index is 0.866. The summed E-state index contributed by atoms with van der Waals surface area (Å²) in [6, 6.07) is 80.4. The molecule has 0 radical (unpaired) electrons. The highest BCUT2D eigenvalue weighted by atomic mass is 32.1. The van der Waals surface area contributed by atoms with Crippen LogP contribution in [-0.4, -0.2) is 0 Å². The molecule has 7 heteroatoms. The summed E-state index contributed by atoms with van der Waals surface area (Å²) in [7, 11) is 0. The maximum absolute atomic E-state index is 6.21. The summed E-state index contributed by atoms with van der Waals surface area (Å²) in [6.07, 6.45) is 8.37. The Morgan fingerprint density at radius 3 is 0.904 bits per heavy atom. The predicted octanol–water partition coefficient (Wildman–Crippen LogP) is 19.6. The maximum atomic E-state index is 6.21. The van der Waals surface area contributed by atoms with Crippen molar-refractivity contribution in [2.24, 2.45) is 0 Å². The number of allylic oxidation sites excluding steroid dienone is 3. The molecule has 1 aliphatic carbocycles. The van der Waals surface area contributed by atoms with Crippen molar-refractivity contribution >= 4 is 45.5 Å². The van der Waals surface area contributed by atoms with E-state index in [2.05, 4.69) is 133 Å². The van der Waals surface area contributed by atoms with E-state index in [9.17, 15) is 0 Å². The molecule has 6 nitrogen and oxygen atoms in total. The molecule has 0 unspecified atom stereocenters. The molecule has 356 valence electrons. The third kappa shape index (κ3) is 10.8. The number of nitrogens with zero attached hydrogens (tertiary/aromatic N) is 2. The van der Waals surface area contributed by atoms with E-state index >= 15 is 0 Å². The number of para-hydroxylation sites is 3. The van der Waals surface area contributed by atoms with E-state index in [0.717, 1.165) is 93.0 Å². The van der Waals surface area contributed by atoms with Crippen LogP contribution in [0.25, 0.3) is 20.9 Å². The van der Waals surface area contributed by atoms with Gasteiger partial charge in [0.15, 0.2) is 0 Å². The summed E-state index contributed by atoms with van der Waals surface area (Å²) >= 11 is 1.84. The second kappa shape index (κ2) is 21.5. The lowest BCUT2D eigenvalue weighted by Crippen LogP contribution is -2.09. The Hall–Kier alpha value is -9.04. The van der Waals surface area contributed by atoms with E-state index in [0.29, 0.717) is 0 Å². The van der Waals surface area contributed by atoms with Crippen LogP contribution in [0.5, 0.6) is 40.2 Å². The van der Waals surface area contributed by atoms with Crippen molar-refractivity contribution in [3.05, 3.63) is 272 Å². The second-order valence-electron chi connectivity index (χ2n) is 17.7. The highest BCUT2D eigenvalue weighted by Gasteiger charge is 2.19. The van der Waals surface area contributed by atoms with Gasteiger partial charge in [0.05, 0.1) is 0 Å². The normalized spacial score (nSPS) is 11.9. The quantitative estimate of drug-likeness (QED) is 0.0961. The average molecular weight is 969 g/mol. The standard InChI is InChI=1S/C66H52N2O4S/c1-47-48(2)66(50-25-29-52(30-26-50)68(55-35-43-63(44-36-55)71-59-19-11-5-12-20-59)56-37-45-64(46-38-56)72-60-21-13-6-14-22-60)73-65(47)49-23-27-51(28-24-49)67(53-31-39-61(40-32-53)69-57-15-7-3-8-16-57)54-33-41-62(42-34-54)70-58-17-9-4-10-18-58/h3-5,7-13,15-46H,6,14H2,1-2H3. The molecule has 1 heterocycles. The Morgan fingerprint density at radius 1 is 0.315 bits per heavy atom. The number of ether oxygens (including phenoxy) is 4. The lowest BCUT2D eigenvalue weighted by atomic mass is 10.0. The summed E-state index contributed by atoms with van der Waals surface area (Å²) in [6.45, 7) is 4.47. The molecule has 1 aliphatic rings. The minimum absolute atomic E-state index is 0.768. The first-order valence-corrected chi connectivity index (χ1v) is 25.3.